The Morgan fingerprint density at radius 1 is 1.53 bits per heavy atom. The second-order valence-electron chi connectivity index (χ2n) is 4.02. The zero-order chi connectivity index (χ0) is 14.4. The lowest BCUT2D eigenvalue weighted by atomic mass is 10.0. The molecule has 0 heterocycles. The summed E-state index contributed by atoms with van der Waals surface area (Å²) in [6.45, 7) is 1.27. The van der Waals surface area contributed by atoms with Gasteiger partial charge in [0, 0.05) is 13.5 Å². The summed E-state index contributed by atoms with van der Waals surface area (Å²) >= 11 is 0. The molecule has 2 unspecified atom stereocenters. The van der Waals surface area contributed by atoms with Gasteiger partial charge in [-0.05, 0) is 17.7 Å². The summed E-state index contributed by atoms with van der Waals surface area (Å²) in [7, 11) is 1.42. The summed E-state index contributed by atoms with van der Waals surface area (Å²) in [6.07, 6.45) is -2.31. The van der Waals surface area contributed by atoms with Crippen molar-refractivity contribution in [2.75, 3.05) is 13.7 Å². The van der Waals surface area contributed by atoms with Crippen LogP contribution >= 0.6 is 0 Å². The maximum atomic E-state index is 10.7. The molecule has 0 saturated heterocycles. The van der Waals surface area contributed by atoms with Crippen molar-refractivity contribution >= 4 is 5.91 Å². The van der Waals surface area contributed by atoms with E-state index in [9.17, 15) is 15.0 Å². The van der Waals surface area contributed by atoms with E-state index in [4.69, 9.17) is 10.00 Å². The molecular weight excluding hydrogens is 248 g/mol. The number of amides is 1. The van der Waals surface area contributed by atoms with Crippen molar-refractivity contribution in [3.05, 3.63) is 29.3 Å². The highest BCUT2D eigenvalue weighted by Gasteiger charge is 2.19. The quantitative estimate of drug-likeness (QED) is 0.699. The molecule has 0 fully saturated rings. The Labute approximate surface area is 111 Å². The number of aliphatic hydroxyl groups excluding tert-OH is 2. The molecule has 3 N–H and O–H groups in total. The summed E-state index contributed by atoms with van der Waals surface area (Å²) < 4.78 is 5.02. The predicted molar refractivity (Wildman–Crippen MR) is 67.4 cm³/mol. The topological polar surface area (TPSA) is 103 Å². The van der Waals surface area contributed by atoms with E-state index in [1.807, 2.05) is 6.07 Å². The maximum absolute atomic E-state index is 10.7. The van der Waals surface area contributed by atoms with Crippen molar-refractivity contribution in [1.29, 1.82) is 5.26 Å². The number of hydrogen-bond acceptors (Lipinski definition) is 5. The Hall–Kier alpha value is -2.10. The van der Waals surface area contributed by atoms with Crippen LogP contribution in [0, 0.1) is 11.3 Å². The summed E-state index contributed by atoms with van der Waals surface area (Å²) in [6, 6.07) is 6.48. The van der Waals surface area contributed by atoms with Crippen molar-refractivity contribution in [3.8, 4) is 11.8 Å². The summed E-state index contributed by atoms with van der Waals surface area (Å²) in [4.78, 5) is 10.7. The first kappa shape index (κ1) is 15.0. The molecule has 0 bridgehead atoms. The van der Waals surface area contributed by atoms with Gasteiger partial charge in [0.15, 0.2) is 0 Å². The second-order valence-corrected chi connectivity index (χ2v) is 4.02. The molecule has 19 heavy (non-hydrogen) atoms. The van der Waals surface area contributed by atoms with Crippen LogP contribution in [0.4, 0.5) is 0 Å². The predicted octanol–water partition coefficient (Wildman–Crippen LogP) is 0.0973. The van der Waals surface area contributed by atoms with Gasteiger partial charge in [0.25, 0.3) is 0 Å². The smallest absolute Gasteiger partial charge is 0.216 e. The van der Waals surface area contributed by atoms with E-state index in [0.717, 1.165) is 0 Å². The number of nitrogens with one attached hydrogen (secondary N) is 1. The number of benzene rings is 1. The lowest BCUT2D eigenvalue weighted by molar-refractivity contribution is -0.119. The molecule has 102 valence electrons. The molecule has 0 spiro atoms. The molecular formula is C13H16N2O4. The fourth-order valence-electron chi connectivity index (χ4n) is 1.57. The standard InChI is InChI=1S/C13H16N2O4/c1-8(16)15-7-11(17)13(18)9-3-4-10(6-14)12(5-9)19-2/h3-5,11,13,17-18H,7H2,1-2H3,(H,15,16). The van der Waals surface area contributed by atoms with Gasteiger partial charge < -0.3 is 20.3 Å². The lowest BCUT2D eigenvalue weighted by Crippen LogP contribution is -2.34. The van der Waals surface area contributed by atoms with Crippen LogP contribution in [0.3, 0.4) is 0 Å². The molecule has 1 amide bonds. The number of carbonyl (C=O) groups is 1. The van der Waals surface area contributed by atoms with Gasteiger partial charge in [0.05, 0.1) is 12.7 Å². The second kappa shape index (κ2) is 6.73. The molecule has 6 heteroatoms. The van der Waals surface area contributed by atoms with Crippen LogP contribution in [0.25, 0.3) is 0 Å². The third-order valence-corrected chi connectivity index (χ3v) is 2.61. The number of methoxy groups -OCH3 is 1. The number of nitriles is 1. The fraction of sp³-hybridized carbons (Fsp3) is 0.385. The normalized spacial score (nSPS) is 13.2. The van der Waals surface area contributed by atoms with Gasteiger partial charge in [0.2, 0.25) is 5.91 Å². The van der Waals surface area contributed by atoms with Crippen LogP contribution in [0.2, 0.25) is 0 Å². The molecule has 1 aromatic rings. The summed E-state index contributed by atoms with van der Waals surface area (Å²) in [5.41, 5.74) is 0.753. The van der Waals surface area contributed by atoms with Crippen LogP contribution in [0.1, 0.15) is 24.2 Å². The molecule has 0 aliphatic rings. The number of nitrogens with zero attached hydrogens (tertiary/aromatic N) is 1. The molecule has 1 rings (SSSR count). The molecule has 2 atom stereocenters. The van der Waals surface area contributed by atoms with Gasteiger partial charge in [-0.15, -0.1) is 0 Å². The molecule has 1 aromatic carbocycles. The Morgan fingerprint density at radius 3 is 2.74 bits per heavy atom. The highest BCUT2D eigenvalue weighted by Crippen LogP contribution is 2.25. The van der Waals surface area contributed by atoms with Crippen molar-refractivity contribution < 1.29 is 19.7 Å². The van der Waals surface area contributed by atoms with Gasteiger partial charge in [-0.1, -0.05) is 6.07 Å². The largest absolute Gasteiger partial charge is 0.495 e. The van der Waals surface area contributed by atoms with E-state index in [-0.39, 0.29) is 12.5 Å². The average Bonchev–Trinajstić information content (AvgIpc) is 2.42. The molecule has 0 aliphatic carbocycles. The summed E-state index contributed by atoms with van der Waals surface area (Å²) in [5.74, 6) is 0.0365. The first-order valence-electron chi connectivity index (χ1n) is 5.68. The number of hydrogen-bond donors (Lipinski definition) is 3. The molecule has 0 aliphatic heterocycles. The van der Waals surface area contributed by atoms with Gasteiger partial charge in [-0.25, -0.2) is 0 Å². The Morgan fingerprint density at radius 2 is 2.21 bits per heavy atom. The van der Waals surface area contributed by atoms with E-state index in [1.165, 1.54) is 32.2 Å². The Kier molecular flexibility index (Phi) is 5.30. The number of aliphatic hydroxyl groups is 2. The van der Waals surface area contributed by atoms with Gasteiger partial charge >= 0.3 is 0 Å². The Balaban J connectivity index is 2.85. The van der Waals surface area contributed by atoms with Crippen LogP contribution in [-0.2, 0) is 4.79 Å². The highest BCUT2D eigenvalue weighted by molar-refractivity contribution is 5.72. The number of rotatable bonds is 5. The van der Waals surface area contributed by atoms with Gasteiger partial charge in [-0.2, -0.15) is 5.26 Å². The maximum Gasteiger partial charge on any atom is 0.216 e. The number of ether oxygens (including phenoxy) is 1. The van der Waals surface area contributed by atoms with E-state index >= 15 is 0 Å². The van der Waals surface area contributed by atoms with Crippen LogP contribution < -0.4 is 10.1 Å². The van der Waals surface area contributed by atoms with Crippen molar-refractivity contribution in [2.24, 2.45) is 0 Å². The average molecular weight is 264 g/mol. The number of carbonyl (C=O) groups excluding carboxylic acids is 1. The minimum absolute atomic E-state index is 0.0567. The van der Waals surface area contributed by atoms with E-state index < -0.39 is 12.2 Å². The van der Waals surface area contributed by atoms with Crippen LogP contribution in [-0.4, -0.2) is 35.9 Å². The SMILES string of the molecule is COc1cc(C(O)C(O)CNC(C)=O)ccc1C#N. The monoisotopic (exact) mass is 264 g/mol. The minimum atomic E-state index is -1.17. The van der Waals surface area contributed by atoms with E-state index in [0.29, 0.717) is 16.9 Å². The molecule has 6 nitrogen and oxygen atoms in total. The first-order chi connectivity index (χ1) is 8.99. The van der Waals surface area contributed by atoms with E-state index in [1.54, 1.807) is 0 Å². The van der Waals surface area contributed by atoms with Crippen LogP contribution in [0.15, 0.2) is 18.2 Å². The minimum Gasteiger partial charge on any atom is -0.495 e. The summed E-state index contributed by atoms with van der Waals surface area (Å²) in [5, 5.41) is 30.9. The third-order valence-electron chi connectivity index (χ3n) is 2.61. The van der Waals surface area contributed by atoms with Crippen LogP contribution in [0.5, 0.6) is 5.75 Å². The highest BCUT2D eigenvalue weighted by atomic mass is 16.5. The van der Waals surface area contributed by atoms with Gasteiger partial charge in [0.1, 0.15) is 24.0 Å². The zero-order valence-corrected chi connectivity index (χ0v) is 10.8. The fourth-order valence-corrected chi connectivity index (χ4v) is 1.57. The van der Waals surface area contributed by atoms with Crippen molar-refractivity contribution in [1.82, 2.24) is 5.32 Å². The zero-order valence-electron chi connectivity index (χ0n) is 10.8. The molecule has 0 saturated carbocycles. The van der Waals surface area contributed by atoms with E-state index in [2.05, 4.69) is 5.32 Å². The molecule has 0 radical (unpaired) electrons. The first-order valence-corrected chi connectivity index (χ1v) is 5.68. The Bertz CT molecular complexity index is 496. The van der Waals surface area contributed by atoms with Crippen molar-refractivity contribution in [2.45, 2.75) is 19.1 Å². The van der Waals surface area contributed by atoms with Crippen molar-refractivity contribution in [3.63, 3.8) is 0 Å². The molecule has 0 aromatic heterocycles. The lowest BCUT2D eigenvalue weighted by Gasteiger charge is -2.19. The van der Waals surface area contributed by atoms with Gasteiger partial charge in [-0.3, -0.25) is 4.79 Å². The third kappa shape index (κ3) is 3.95.